The fourth-order valence-corrected chi connectivity index (χ4v) is 2.58. The van der Waals surface area contributed by atoms with Gasteiger partial charge in [-0.2, -0.15) is 0 Å². The van der Waals surface area contributed by atoms with Crippen LogP contribution in [-0.4, -0.2) is 11.7 Å². The van der Waals surface area contributed by atoms with Crippen molar-refractivity contribution < 1.29 is 9.59 Å². The molecule has 0 radical (unpaired) electrons. The van der Waals surface area contributed by atoms with Crippen LogP contribution in [0.1, 0.15) is 35.2 Å². The molecule has 1 aliphatic carbocycles. The molecule has 1 amide bonds. The third kappa shape index (κ3) is 3.02. The summed E-state index contributed by atoms with van der Waals surface area (Å²) in [6.45, 7) is 1.53. The molecule has 2 aromatic carbocycles. The van der Waals surface area contributed by atoms with E-state index >= 15 is 0 Å². The van der Waals surface area contributed by atoms with Gasteiger partial charge in [0.2, 0.25) is 5.91 Å². The van der Waals surface area contributed by atoms with Gasteiger partial charge in [-0.05, 0) is 49.1 Å². The van der Waals surface area contributed by atoms with Crippen molar-refractivity contribution in [2.75, 3.05) is 5.32 Å². The molecule has 1 N–H and O–H groups in total. The van der Waals surface area contributed by atoms with Crippen molar-refractivity contribution in [3.8, 4) is 0 Å². The van der Waals surface area contributed by atoms with E-state index in [0.717, 1.165) is 12.1 Å². The molecular weight excluding hydrogens is 262 g/mol. The number of hydrogen-bond donors (Lipinski definition) is 1. The van der Waals surface area contributed by atoms with Crippen LogP contribution in [0, 0.1) is 5.92 Å². The van der Waals surface area contributed by atoms with Crippen LogP contribution in [0.15, 0.2) is 54.6 Å². The lowest BCUT2D eigenvalue weighted by Crippen LogP contribution is -2.14. The summed E-state index contributed by atoms with van der Waals surface area (Å²) in [5, 5.41) is 2.92. The second kappa shape index (κ2) is 5.52. The number of Topliss-reactive ketones (excluding diaryl/α,β-unsaturated/α-hetero) is 1. The molecule has 1 aliphatic rings. The van der Waals surface area contributed by atoms with Crippen LogP contribution in [0.5, 0.6) is 0 Å². The van der Waals surface area contributed by atoms with E-state index in [0.29, 0.717) is 11.5 Å². The molecular formula is C18H17NO2. The SMILES string of the molecule is CC(=O)c1ccc(NC(=O)[C@H]2C[C@H]2c2ccccc2)cc1. The number of benzene rings is 2. The molecule has 1 saturated carbocycles. The Labute approximate surface area is 124 Å². The van der Waals surface area contributed by atoms with Crippen LogP contribution in [0.2, 0.25) is 0 Å². The van der Waals surface area contributed by atoms with Gasteiger partial charge in [0.25, 0.3) is 0 Å². The van der Waals surface area contributed by atoms with Gasteiger partial charge in [-0.15, -0.1) is 0 Å². The van der Waals surface area contributed by atoms with Crippen LogP contribution < -0.4 is 5.32 Å². The number of rotatable bonds is 4. The third-order valence-electron chi connectivity index (χ3n) is 3.91. The average Bonchev–Trinajstić information content (AvgIpc) is 3.29. The number of nitrogens with one attached hydrogen (secondary N) is 1. The van der Waals surface area contributed by atoms with Gasteiger partial charge in [-0.1, -0.05) is 30.3 Å². The van der Waals surface area contributed by atoms with Crippen LogP contribution in [-0.2, 0) is 4.79 Å². The van der Waals surface area contributed by atoms with Gasteiger partial charge in [-0.25, -0.2) is 0 Å². The molecule has 3 heteroatoms. The minimum absolute atomic E-state index is 0.0270. The first-order valence-corrected chi connectivity index (χ1v) is 7.12. The Morgan fingerprint density at radius 3 is 2.29 bits per heavy atom. The van der Waals surface area contributed by atoms with Crippen molar-refractivity contribution >= 4 is 17.4 Å². The summed E-state index contributed by atoms with van der Waals surface area (Å²) >= 11 is 0. The Morgan fingerprint density at radius 2 is 1.67 bits per heavy atom. The van der Waals surface area contributed by atoms with Crippen molar-refractivity contribution in [2.24, 2.45) is 5.92 Å². The molecule has 2 aromatic rings. The maximum atomic E-state index is 12.2. The molecule has 0 heterocycles. The molecule has 0 spiro atoms. The highest BCUT2D eigenvalue weighted by atomic mass is 16.2. The number of hydrogen-bond acceptors (Lipinski definition) is 2. The summed E-state index contributed by atoms with van der Waals surface area (Å²) < 4.78 is 0. The largest absolute Gasteiger partial charge is 0.326 e. The average molecular weight is 279 g/mol. The zero-order chi connectivity index (χ0) is 14.8. The molecule has 3 rings (SSSR count). The molecule has 0 saturated heterocycles. The van der Waals surface area contributed by atoms with Crippen molar-refractivity contribution in [1.82, 2.24) is 0 Å². The topological polar surface area (TPSA) is 46.2 Å². The van der Waals surface area contributed by atoms with Gasteiger partial charge in [0.1, 0.15) is 0 Å². The zero-order valence-corrected chi connectivity index (χ0v) is 11.9. The van der Waals surface area contributed by atoms with Crippen LogP contribution >= 0.6 is 0 Å². The highest BCUT2D eigenvalue weighted by Gasteiger charge is 2.43. The smallest absolute Gasteiger partial charge is 0.228 e. The molecule has 1 fully saturated rings. The summed E-state index contributed by atoms with van der Waals surface area (Å²) in [6, 6.07) is 17.1. The minimum atomic E-state index is 0.0270. The fourth-order valence-electron chi connectivity index (χ4n) is 2.58. The molecule has 3 nitrogen and oxygen atoms in total. The monoisotopic (exact) mass is 279 g/mol. The predicted molar refractivity (Wildman–Crippen MR) is 82.4 cm³/mol. The quantitative estimate of drug-likeness (QED) is 0.869. The van der Waals surface area contributed by atoms with E-state index in [9.17, 15) is 9.59 Å². The van der Waals surface area contributed by atoms with Crippen LogP contribution in [0.25, 0.3) is 0 Å². The maximum Gasteiger partial charge on any atom is 0.228 e. The van der Waals surface area contributed by atoms with Gasteiger partial charge in [0.05, 0.1) is 0 Å². The molecule has 0 aliphatic heterocycles. The summed E-state index contributed by atoms with van der Waals surface area (Å²) in [5.41, 5.74) is 2.62. The van der Waals surface area contributed by atoms with Gasteiger partial charge in [-0.3, -0.25) is 9.59 Å². The lowest BCUT2D eigenvalue weighted by atomic mass is 10.1. The second-order valence-corrected chi connectivity index (χ2v) is 5.48. The number of carbonyl (C=O) groups is 2. The number of amides is 1. The molecule has 0 aromatic heterocycles. The van der Waals surface area contributed by atoms with Gasteiger partial charge < -0.3 is 5.32 Å². The van der Waals surface area contributed by atoms with Crippen molar-refractivity contribution in [3.63, 3.8) is 0 Å². The third-order valence-corrected chi connectivity index (χ3v) is 3.91. The van der Waals surface area contributed by atoms with Gasteiger partial charge in [0.15, 0.2) is 5.78 Å². The number of anilines is 1. The van der Waals surface area contributed by atoms with Gasteiger partial charge >= 0.3 is 0 Å². The van der Waals surface area contributed by atoms with E-state index in [1.165, 1.54) is 12.5 Å². The molecule has 0 bridgehead atoms. The van der Waals surface area contributed by atoms with Crippen LogP contribution in [0.3, 0.4) is 0 Å². The Kier molecular flexibility index (Phi) is 3.57. The first-order chi connectivity index (χ1) is 10.1. The number of ketones is 1. The van der Waals surface area contributed by atoms with E-state index in [2.05, 4.69) is 17.4 Å². The van der Waals surface area contributed by atoms with E-state index in [4.69, 9.17) is 0 Å². The first kappa shape index (κ1) is 13.6. The van der Waals surface area contributed by atoms with Crippen molar-refractivity contribution in [3.05, 3.63) is 65.7 Å². The Balaban J connectivity index is 1.62. The molecule has 0 unspecified atom stereocenters. The predicted octanol–water partition coefficient (Wildman–Crippen LogP) is 3.63. The Morgan fingerprint density at radius 1 is 1.00 bits per heavy atom. The highest BCUT2D eigenvalue weighted by Crippen LogP contribution is 2.47. The Hall–Kier alpha value is -2.42. The zero-order valence-electron chi connectivity index (χ0n) is 11.9. The van der Waals surface area contributed by atoms with Crippen molar-refractivity contribution in [2.45, 2.75) is 19.3 Å². The summed E-state index contributed by atoms with van der Waals surface area (Å²) in [4.78, 5) is 23.4. The van der Waals surface area contributed by atoms with Gasteiger partial charge in [0, 0.05) is 17.2 Å². The molecule has 2 atom stereocenters. The van der Waals surface area contributed by atoms with E-state index in [-0.39, 0.29) is 17.6 Å². The van der Waals surface area contributed by atoms with E-state index < -0.39 is 0 Å². The van der Waals surface area contributed by atoms with Crippen molar-refractivity contribution in [1.29, 1.82) is 0 Å². The standard InChI is InChI=1S/C18H17NO2/c1-12(20)13-7-9-15(10-8-13)19-18(21)17-11-16(17)14-5-3-2-4-6-14/h2-10,16-17H,11H2,1H3,(H,19,21)/t16-,17-/m0/s1. The highest BCUT2D eigenvalue weighted by molar-refractivity contribution is 5.97. The molecule has 21 heavy (non-hydrogen) atoms. The summed E-state index contributed by atoms with van der Waals surface area (Å²) in [6.07, 6.45) is 0.904. The first-order valence-electron chi connectivity index (χ1n) is 7.12. The van der Waals surface area contributed by atoms with Crippen LogP contribution in [0.4, 0.5) is 5.69 Å². The van der Waals surface area contributed by atoms with E-state index in [1.54, 1.807) is 24.3 Å². The fraction of sp³-hybridized carbons (Fsp3) is 0.222. The summed E-state index contributed by atoms with van der Waals surface area (Å²) in [5.74, 6) is 0.473. The molecule has 106 valence electrons. The maximum absolute atomic E-state index is 12.2. The minimum Gasteiger partial charge on any atom is -0.326 e. The normalized spacial score (nSPS) is 19.9. The summed E-state index contributed by atoms with van der Waals surface area (Å²) in [7, 11) is 0. The second-order valence-electron chi connectivity index (χ2n) is 5.48. The Bertz CT molecular complexity index is 661. The number of carbonyl (C=O) groups excluding carboxylic acids is 2. The lowest BCUT2D eigenvalue weighted by molar-refractivity contribution is -0.117. The lowest BCUT2D eigenvalue weighted by Gasteiger charge is -2.05. The van der Waals surface area contributed by atoms with E-state index in [1.807, 2.05) is 18.2 Å².